The number of nitrogens with one attached hydrogen (secondary N) is 1. The van der Waals surface area contributed by atoms with Crippen molar-refractivity contribution in [1.29, 1.82) is 0 Å². The summed E-state index contributed by atoms with van der Waals surface area (Å²) in [6.07, 6.45) is 0. The minimum atomic E-state index is 0.244. The third-order valence-electron chi connectivity index (χ3n) is 2.86. The summed E-state index contributed by atoms with van der Waals surface area (Å²) in [6, 6.07) is 3.85. The van der Waals surface area contributed by atoms with Crippen molar-refractivity contribution in [2.24, 2.45) is 5.41 Å². The molecular weight excluding hydrogens is 350 g/mol. The van der Waals surface area contributed by atoms with Crippen LogP contribution >= 0.6 is 31.9 Å². The number of ether oxygens (including phenoxy) is 1. The Bertz CT molecular complexity index is 396. The van der Waals surface area contributed by atoms with Gasteiger partial charge in [-0.1, -0.05) is 6.92 Å². The first-order valence-electron chi connectivity index (χ1n) is 5.45. The fourth-order valence-electron chi connectivity index (χ4n) is 1.78. The van der Waals surface area contributed by atoms with Gasteiger partial charge in [0.05, 0.1) is 22.2 Å². The molecule has 1 fully saturated rings. The standard InChI is InChI=1S/C12H15Br2NO2/c1-12(6-17-7-12)5-15-4-8-2-9(13)11(16)10(14)3-8/h2-3,15-16H,4-7H2,1H3. The Balaban J connectivity index is 1.90. The first-order chi connectivity index (χ1) is 8.00. The van der Waals surface area contributed by atoms with E-state index in [1.54, 1.807) is 0 Å². The fraction of sp³-hybridized carbons (Fsp3) is 0.500. The van der Waals surface area contributed by atoms with Crippen molar-refractivity contribution in [3.63, 3.8) is 0 Å². The predicted octanol–water partition coefficient (Wildman–Crippen LogP) is 3.04. The molecule has 1 aromatic carbocycles. The molecule has 5 heteroatoms. The molecule has 0 aliphatic carbocycles. The van der Waals surface area contributed by atoms with Crippen LogP contribution in [0.5, 0.6) is 5.75 Å². The summed E-state index contributed by atoms with van der Waals surface area (Å²) in [5.41, 5.74) is 1.41. The molecule has 0 radical (unpaired) electrons. The van der Waals surface area contributed by atoms with Gasteiger partial charge >= 0.3 is 0 Å². The first-order valence-corrected chi connectivity index (χ1v) is 7.04. The molecule has 1 aliphatic heterocycles. The van der Waals surface area contributed by atoms with Crippen LogP contribution in [0.4, 0.5) is 0 Å². The predicted molar refractivity (Wildman–Crippen MR) is 74.1 cm³/mol. The van der Waals surface area contributed by atoms with Crippen LogP contribution in [0.1, 0.15) is 12.5 Å². The summed E-state index contributed by atoms with van der Waals surface area (Å²) < 4.78 is 6.63. The van der Waals surface area contributed by atoms with Gasteiger partial charge < -0.3 is 15.2 Å². The lowest BCUT2D eigenvalue weighted by Crippen LogP contribution is -2.47. The molecule has 0 unspecified atom stereocenters. The SMILES string of the molecule is CC1(CNCc2cc(Br)c(O)c(Br)c2)COC1. The molecule has 17 heavy (non-hydrogen) atoms. The van der Waals surface area contributed by atoms with Crippen LogP contribution in [-0.4, -0.2) is 24.9 Å². The van der Waals surface area contributed by atoms with E-state index in [1.807, 2.05) is 12.1 Å². The van der Waals surface area contributed by atoms with Gasteiger partial charge in [0.2, 0.25) is 0 Å². The van der Waals surface area contributed by atoms with Crippen LogP contribution in [0.3, 0.4) is 0 Å². The fourth-order valence-corrected chi connectivity index (χ4v) is 3.06. The third-order valence-corrected chi connectivity index (χ3v) is 4.07. The third kappa shape index (κ3) is 3.22. The van der Waals surface area contributed by atoms with Crippen LogP contribution in [0, 0.1) is 5.41 Å². The highest BCUT2D eigenvalue weighted by Gasteiger charge is 2.32. The second-order valence-electron chi connectivity index (χ2n) is 4.82. The first kappa shape index (κ1) is 13.3. The van der Waals surface area contributed by atoms with Crippen molar-refractivity contribution < 1.29 is 9.84 Å². The van der Waals surface area contributed by atoms with Gasteiger partial charge in [0.25, 0.3) is 0 Å². The van der Waals surface area contributed by atoms with Crippen LogP contribution < -0.4 is 5.32 Å². The van der Waals surface area contributed by atoms with Crippen LogP contribution in [0.15, 0.2) is 21.1 Å². The second kappa shape index (κ2) is 5.26. The minimum absolute atomic E-state index is 0.244. The second-order valence-corrected chi connectivity index (χ2v) is 6.52. The highest BCUT2D eigenvalue weighted by Crippen LogP contribution is 2.33. The van der Waals surface area contributed by atoms with E-state index in [2.05, 4.69) is 44.1 Å². The average molecular weight is 365 g/mol. The Kier molecular flexibility index (Phi) is 4.13. The molecule has 0 amide bonds. The molecule has 0 bridgehead atoms. The Morgan fingerprint density at radius 3 is 2.41 bits per heavy atom. The molecule has 2 N–H and O–H groups in total. The molecule has 1 heterocycles. The monoisotopic (exact) mass is 363 g/mol. The summed E-state index contributed by atoms with van der Waals surface area (Å²) >= 11 is 6.65. The Labute approximate surface area is 118 Å². The quantitative estimate of drug-likeness (QED) is 0.862. The molecule has 0 atom stereocenters. The summed E-state index contributed by atoms with van der Waals surface area (Å²) in [4.78, 5) is 0. The van der Waals surface area contributed by atoms with E-state index in [4.69, 9.17) is 4.74 Å². The molecule has 1 saturated heterocycles. The maximum absolute atomic E-state index is 9.60. The van der Waals surface area contributed by atoms with Crippen LogP contribution in [-0.2, 0) is 11.3 Å². The van der Waals surface area contributed by atoms with Crippen LogP contribution in [0.2, 0.25) is 0 Å². The zero-order valence-electron chi connectivity index (χ0n) is 9.59. The molecule has 2 rings (SSSR count). The Hall–Kier alpha value is -0.100. The van der Waals surface area contributed by atoms with Gasteiger partial charge in [-0.15, -0.1) is 0 Å². The minimum Gasteiger partial charge on any atom is -0.506 e. The molecule has 1 aromatic rings. The summed E-state index contributed by atoms with van der Waals surface area (Å²) in [5.74, 6) is 0.244. The lowest BCUT2D eigenvalue weighted by Gasteiger charge is -2.38. The maximum atomic E-state index is 9.60. The van der Waals surface area contributed by atoms with Crippen molar-refractivity contribution in [2.45, 2.75) is 13.5 Å². The number of phenolic OH excluding ortho intramolecular Hbond substituents is 1. The van der Waals surface area contributed by atoms with Crippen molar-refractivity contribution in [1.82, 2.24) is 5.32 Å². The zero-order chi connectivity index (χ0) is 12.5. The number of hydrogen-bond donors (Lipinski definition) is 2. The van der Waals surface area contributed by atoms with E-state index in [0.717, 1.165) is 31.9 Å². The highest BCUT2D eigenvalue weighted by molar-refractivity contribution is 9.11. The number of aromatic hydroxyl groups is 1. The van der Waals surface area contributed by atoms with E-state index in [1.165, 1.54) is 0 Å². The largest absolute Gasteiger partial charge is 0.506 e. The molecule has 1 aliphatic rings. The van der Waals surface area contributed by atoms with Gasteiger partial charge in [-0.2, -0.15) is 0 Å². The Morgan fingerprint density at radius 2 is 1.94 bits per heavy atom. The van der Waals surface area contributed by atoms with Crippen molar-refractivity contribution in [3.8, 4) is 5.75 Å². The number of halogens is 2. The van der Waals surface area contributed by atoms with Crippen molar-refractivity contribution in [2.75, 3.05) is 19.8 Å². The van der Waals surface area contributed by atoms with Gasteiger partial charge in [-0.25, -0.2) is 0 Å². The maximum Gasteiger partial charge on any atom is 0.143 e. The smallest absolute Gasteiger partial charge is 0.143 e. The van der Waals surface area contributed by atoms with E-state index < -0.39 is 0 Å². The number of phenols is 1. The number of hydrogen-bond acceptors (Lipinski definition) is 3. The Morgan fingerprint density at radius 1 is 1.35 bits per heavy atom. The highest BCUT2D eigenvalue weighted by atomic mass is 79.9. The molecular formula is C12H15Br2NO2. The number of rotatable bonds is 4. The number of benzene rings is 1. The molecule has 0 spiro atoms. The van der Waals surface area contributed by atoms with E-state index in [9.17, 15) is 5.11 Å². The molecule has 0 saturated carbocycles. The van der Waals surface area contributed by atoms with Gasteiger partial charge in [0.15, 0.2) is 0 Å². The van der Waals surface area contributed by atoms with Gasteiger partial charge in [-0.05, 0) is 49.6 Å². The summed E-state index contributed by atoms with van der Waals surface area (Å²) in [7, 11) is 0. The molecule has 0 aromatic heterocycles. The van der Waals surface area contributed by atoms with E-state index >= 15 is 0 Å². The molecule has 3 nitrogen and oxygen atoms in total. The summed E-state index contributed by atoms with van der Waals surface area (Å²) in [6.45, 7) is 5.62. The van der Waals surface area contributed by atoms with Gasteiger partial charge in [0.1, 0.15) is 5.75 Å². The zero-order valence-corrected chi connectivity index (χ0v) is 12.8. The lowest BCUT2D eigenvalue weighted by atomic mass is 9.89. The molecule has 94 valence electrons. The van der Waals surface area contributed by atoms with Gasteiger partial charge in [-0.3, -0.25) is 0 Å². The average Bonchev–Trinajstić information content (AvgIpc) is 2.23. The van der Waals surface area contributed by atoms with Crippen LogP contribution in [0.25, 0.3) is 0 Å². The lowest BCUT2D eigenvalue weighted by molar-refractivity contribution is -0.0991. The van der Waals surface area contributed by atoms with Crippen molar-refractivity contribution >= 4 is 31.9 Å². The normalized spacial score (nSPS) is 17.8. The van der Waals surface area contributed by atoms with E-state index in [0.29, 0.717) is 8.95 Å². The summed E-state index contributed by atoms with van der Waals surface area (Å²) in [5, 5.41) is 13.0. The van der Waals surface area contributed by atoms with Crippen molar-refractivity contribution in [3.05, 3.63) is 26.6 Å². The van der Waals surface area contributed by atoms with E-state index in [-0.39, 0.29) is 11.2 Å². The van der Waals surface area contributed by atoms with Gasteiger partial charge in [0, 0.05) is 18.5 Å². The topological polar surface area (TPSA) is 41.5 Å².